The van der Waals surface area contributed by atoms with Gasteiger partial charge in [0.25, 0.3) is 0 Å². The maximum atomic E-state index is 12.5. The van der Waals surface area contributed by atoms with Crippen LogP contribution in [0.15, 0.2) is 30.3 Å². The normalized spacial score (nSPS) is 26.0. The first kappa shape index (κ1) is 18.9. The number of sulfone groups is 1. The molecule has 0 spiro atoms. The first-order valence-electron chi connectivity index (χ1n) is 9.18. The molecule has 0 unspecified atom stereocenters. The van der Waals surface area contributed by atoms with Crippen LogP contribution in [0.5, 0.6) is 0 Å². The zero-order valence-electron chi connectivity index (χ0n) is 15.1. The maximum Gasteiger partial charge on any atom is 0.225 e. The number of hydrogen-bond donors (Lipinski definition) is 1. The van der Waals surface area contributed by atoms with E-state index in [0.717, 1.165) is 12.8 Å². The van der Waals surface area contributed by atoms with Crippen LogP contribution in [0.3, 0.4) is 0 Å². The van der Waals surface area contributed by atoms with Crippen molar-refractivity contribution in [3.05, 3.63) is 35.9 Å². The van der Waals surface area contributed by atoms with Gasteiger partial charge in [-0.05, 0) is 31.7 Å². The minimum absolute atomic E-state index is 0.0266. The predicted octanol–water partition coefficient (Wildman–Crippen LogP) is 1.16. The Balaban J connectivity index is 1.48. The zero-order valence-corrected chi connectivity index (χ0v) is 15.9. The van der Waals surface area contributed by atoms with Gasteiger partial charge in [0.2, 0.25) is 11.8 Å². The predicted molar refractivity (Wildman–Crippen MR) is 99.2 cm³/mol. The second-order valence-electron chi connectivity index (χ2n) is 7.44. The number of nitrogens with one attached hydrogen (secondary N) is 1. The summed E-state index contributed by atoms with van der Waals surface area (Å²) < 4.78 is 23.3. The summed E-state index contributed by atoms with van der Waals surface area (Å²) in [4.78, 5) is 26.3. The molecule has 2 saturated heterocycles. The number of nitrogens with zero attached hydrogens (tertiary/aromatic N) is 1. The second-order valence-corrected chi connectivity index (χ2v) is 9.67. The lowest BCUT2D eigenvalue weighted by Crippen LogP contribution is -2.41. The molecular formula is C19H26N2O4S. The number of rotatable bonds is 6. The van der Waals surface area contributed by atoms with Crippen molar-refractivity contribution in [3.8, 4) is 0 Å². The molecule has 0 aliphatic carbocycles. The summed E-state index contributed by atoms with van der Waals surface area (Å²) in [5.74, 6) is -0.438. The Hall–Kier alpha value is -1.89. The SMILES string of the molecule is C[C@H](CCc1ccccc1)NC(=O)[C@@H]1CC(=O)N([C@@H]2CCS(=O)(=O)C2)C1. The summed E-state index contributed by atoms with van der Waals surface area (Å²) >= 11 is 0. The van der Waals surface area contributed by atoms with Crippen LogP contribution in [0.2, 0.25) is 0 Å². The number of hydrogen-bond acceptors (Lipinski definition) is 4. The second kappa shape index (κ2) is 7.78. The number of amides is 2. The number of benzene rings is 1. The van der Waals surface area contributed by atoms with Gasteiger partial charge in [-0.25, -0.2) is 8.42 Å². The van der Waals surface area contributed by atoms with E-state index in [2.05, 4.69) is 17.4 Å². The number of carbonyl (C=O) groups is 2. The number of aryl methyl sites for hydroxylation is 1. The van der Waals surface area contributed by atoms with E-state index in [1.807, 2.05) is 25.1 Å². The zero-order chi connectivity index (χ0) is 18.7. The fourth-order valence-electron chi connectivity index (χ4n) is 3.74. The van der Waals surface area contributed by atoms with Crippen molar-refractivity contribution in [2.45, 2.75) is 44.7 Å². The Morgan fingerprint density at radius 3 is 2.69 bits per heavy atom. The smallest absolute Gasteiger partial charge is 0.225 e. The molecule has 1 aromatic carbocycles. The fourth-order valence-corrected chi connectivity index (χ4v) is 5.47. The van der Waals surface area contributed by atoms with Crippen molar-refractivity contribution in [2.75, 3.05) is 18.1 Å². The summed E-state index contributed by atoms with van der Waals surface area (Å²) in [6, 6.07) is 9.88. The van der Waals surface area contributed by atoms with Gasteiger partial charge in [0.05, 0.1) is 17.4 Å². The molecule has 2 aliphatic heterocycles. The Morgan fingerprint density at radius 1 is 1.31 bits per heavy atom. The molecule has 2 heterocycles. The van der Waals surface area contributed by atoms with Crippen LogP contribution in [0.25, 0.3) is 0 Å². The lowest BCUT2D eigenvalue weighted by Gasteiger charge is -2.23. The van der Waals surface area contributed by atoms with Gasteiger partial charge in [-0.1, -0.05) is 30.3 Å². The number of likely N-dealkylation sites (tertiary alicyclic amines) is 1. The molecule has 6 nitrogen and oxygen atoms in total. The Kier molecular flexibility index (Phi) is 5.65. The minimum atomic E-state index is -3.04. The Bertz CT molecular complexity index is 763. The molecule has 0 saturated carbocycles. The summed E-state index contributed by atoms with van der Waals surface area (Å²) in [6.07, 6.45) is 2.38. The molecule has 2 amide bonds. The fraction of sp³-hybridized carbons (Fsp3) is 0.579. The van der Waals surface area contributed by atoms with E-state index < -0.39 is 9.84 Å². The van der Waals surface area contributed by atoms with Gasteiger partial charge in [-0.15, -0.1) is 0 Å². The van der Waals surface area contributed by atoms with Gasteiger partial charge in [-0.3, -0.25) is 9.59 Å². The van der Waals surface area contributed by atoms with E-state index in [0.29, 0.717) is 13.0 Å². The van der Waals surface area contributed by atoms with Crippen molar-refractivity contribution in [3.63, 3.8) is 0 Å². The van der Waals surface area contributed by atoms with Crippen molar-refractivity contribution >= 4 is 21.7 Å². The van der Waals surface area contributed by atoms with Gasteiger partial charge < -0.3 is 10.2 Å². The molecule has 1 N–H and O–H groups in total. The summed E-state index contributed by atoms with van der Waals surface area (Å²) in [5.41, 5.74) is 1.23. The Labute approximate surface area is 154 Å². The average molecular weight is 378 g/mol. The third kappa shape index (κ3) is 4.63. The number of carbonyl (C=O) groups excluding carboxylic acids is 2. The molecule has 0 bridgehead atoms. The topological polar surface area (TPSA) is 83.6 Å². The molecule has 1 aromatic rings. The van der Waals surface area contributed by atoms with Crippen molar-refractivity contribution < 1.29 is 18.0 Å². The molecule has 3 atom stereocenters. The maximum absolute atomic E-state index is 12.5. The summed E-state index contributed by atoms with van der Waals surface area (Å²) in [7, 11) is -3.04. The summed E-state index contributed by atoms with van der Waals surface area (Å²) in [5, 5.41) is 3.00. The van der Waals surface area contributed by atoms with E-state index >= 15 is 0 Å². The van der Waals surface area contributed by atoms with Crippen LogP contribution >= 0.6 is 0 Å². The van der Waals surface area contributed by atoms with E-state index in [9.17, 15) is 18.0 Å². The lowest BCUT2D eigenvalue weighted by atomic mass is 10.0. The van der Waals surface area contributed by atoms with Gasteiger partial charge in [-0.2, -0.15) is 0 Å². The highest BCUT2D eigenvalue weighted by molar-refractivity contribution is 7.91. The van der Waals surface area contributed by atoms with E-state index in [4.69, 9.17) is 0 Å². The highest BCUT2D eigenvalue weighted by Crippen LogP contribution is 2.26. The molecule has 0 aromatic heterocycles. The van der Waals surface area contributed by atoms with Crippen LogP contribution in [0, 0.1) is 5.92 Å². The van der Waals surface area contributed by atoms with Crippen LogP contribution in [0.1, 0.15) is 31.7 Å². The minimum Gasteiger partial charge on any atom is -0.353 e. The summed E-state index contributed by atoms with van der Waals surface area (Å²) in [6.45, 7) is 2.30. The van der Waals surface area contributed by atoms with Gasteiger partial charge in [0, 0.05) is 25.0 Å². The monoisotopic (exact) mass is 378 g/mol. The molecule has 26 heavy (non-hydrogen) atoms. The van der Waals surface area contributed by atoms with Crippen LogP contribution in [-0.4, -0.2) is 55.3 Å². The van der Waals surface area contributed by atoms with E-state index in [-0.39, 0.29) is 47.7 Å². The van der Waals surface area contributed by atoms with Crippen molar-refractivity contribution in [1.82, 2.24) is 10.2 Å². The van der Waals surface area contributed by atoms with E-state index in [1.165, 1.54) is 5.56 Å². The molecule has 2 aliphatic rings. The standard InChI is InChI=1S/C19H26N2O4S/c1-14(7-8-15-5-3-2-4-6-15)20-19(23)16-11-18(22)21(12-16)17-9-10-26(24,25)13-17/h2-6,14,16-17H,7-13H2,1H3,(H,20,23)/t14-,16-,17-/m1/s1. The van der Waals surface area contributed by atoms with Gasteiger partial charge in [0.1, 0.15) is 0 Å². The van der Waals surface area contributed by atoms with Gasteiger partial charge >= 0.3 is 0 Å². The third-order valence-electron chi connectivity index (χ3n) is 5.28. The molecule has 7 heteroatoms. The Morgan fingerprint density at radius 2 is 2.04 bits per heavy atom. The first-order chi connectivity index (χ1) is 12.3. The van der Waals surface area contributed by atoms with Gasteiger partial charge in [0.15, 0.2) is 9.84 Å². The third-order valence-corrected chi connectivity index (χ3v) is 7.03. The van der Waals surface area contributed by atoms with E-state index in [1.54, 1.807) is 4.90 Å². The van der Waals surface area contributed by atoms with Crippen LogP contribution in [-0.2, 0) is 25.8 Å². The lowest BCUT2D eigenvalue weighted by molar-refractivity contribution is -0.130. The van der Waals surface area contributed by atoms with Crippen molar-refractivity contribution in [1.29, 1.82) is 0 Å². The first-order valence-corrected chi connectivity index (χ1v) is 11.0. The molecular weight excluding hydrogens is 352 g/mol. The highest BCUT2D eigenvalue weighted by atomic mass is 32.2. The van der Waals surface area contributed by atoms with Crippen LogP contribution < -0.4 is 5.32 Å². The van der Waals surface area contributed by atoms with Crippen molar-refractivity contribution in [2.24, 2.45) is 5.92 Å². The largest absolute Gasteiger partial charge is 0.353 e. The molecule has 3 rings (SSSR count). The van der Waals surface area contributed by atoms with Crippen LogP contribution in [0.4, 0.5) is 0 Å². The quantitative estimate of drug-likeness (QED) is 0.805. The average Bonchev–Trinajstić information content (AvgIpc) is 3.16. The molecule has 0 radical (unpaired) electrons. The molecule has 142 valence electrons. The highest BCUT2D eigenvalue weighted by Gasteiger charge is 2.41. The molecule has 2 fully saturated rings.